The number of ether oxygens (including phenoxy) is 1. The number of aliphatic hydroxyl groups excluding tert-OH is 1. The van der Waals surface area contributed by atoms with Crippen LogP contribution < -0.4 is 0 Å². The van der Waals surface area contributed by atoms with Gasteiger partial charge < -0.3 is 9.84 Å². The topological polar surface area (TPSA) is 29.5 Å². The fourth-order valence-corrected chi connectivity index (χ4v) is 1.49. The molecule has 0 radical (unpaired) electrons. The van der Waals surface area contributed by atoms with Crippen LogP contribution in [0.1, 0.15) is 25.3 Å². The van der Waals surface area contributed by atoms with Gasteiger partial charge in [-0.15, -0.1) is 0 Å². The van der Waals surface area contributed by atoms with Gasteiger partial charge in [-0.05, 0) is 24.5 Å². The number of hydrogen-bond donors (Lipinski definition) is 1. The Balaban J connectivity index is 2.28. The molecule has 3 heteroatoms. The Bertz CT molecular complexity index is 302. The fourth-order valence-electron chi connectivity index (χ4n) is 1.49. The summed E-state index contributed by atoms with van der Waals surface area (Å²) in [6.07, 6.45) is 1.34. The van der Waals surface area contributed by atoms with Crippen LogP contribution in [0.3, 0.4) is 0 Å². The van der Waals surface area contributed by atoms with Crippen molar-refractivity contribution in [3.63, 3.8) is 0 Å². The summed E-state index contributed by atoms with van der Waals surface area (Å²) in [6.45, 7) is 3.28. The van der Waals surface area contributed by atoms with Crippen molar-refractivity contribution in [2.24, 2.45) is 0 Å². The molecule has 2 nitrogen and oxygen atoms in total. The number of aliphatic hydroxyl groups is 1. The first-order valence-corrected chi connectivity index (χ1v) is 5.73. The molecule has 1 N–H and O–H groups in total. The second-order valence-electron chi connectivity index (χ2n) is 3.85. The first-order chi connectivity index (χ1) is 7.74. The van der Waals surface area contributed by atoms with Gasteiger partial charge in [0, 0.05) is 19.6 Å². The number of hydrogen-bond acceptors (Lipinski definition) is 2. The normalized spacial score (nSPS) is 12.7. The maximum absolute atomic E-state index is 13.3. The Morgan fingerprint density at radius 1 is 1.31 bits per heavy atom. The van der Waals surface area contributed by atoms with Gasteiger partial charge in [0.25, 0.3) is 0 Å². The molecule has 0 bridgehead atoms. The van der Waals surface area contributed by atoms with E-state index in [1.54, 1.807) is 18.2 Å². The van der Waals surface area contributed by atoms with Crippen molar-refractivity contribution in [1.29, 1.82) is 0 Å². The molecule has 0 aliphatic carbocycles. The van der Waals surface area contributed by atoms with E-state index in [9.17, 15) is 9.50 Å². The van der Waals surface area contributed by atoms with Gasteiger partial charge in [-0.3, -0.25) is 0 Å². The van der Waals surface area contributed by atoms with E-state index in [1.165, 1.54) is 6.07 Å². The zero-order chi connectivity index (χ0) is 11.8. The van der Waals surface area contributed by atoms with Gasteiger partial charge in [-0.25, -0.2) is 4.39 Å². The van der Waals surface area contributed by atoms with E-state index in [0.717, 1.165) is 6.42 Å². The monoisotopic (exact) mass is 226 g/mol. The predicted octanol–water partition coefficient (Wildman–Crippen LogP) is 2.55. The third kappa shape index (κ3) is 4.73. The smallest absolute Gasteiger partial charge is 0.126 e. The summed E-state index contributed by atoms with van der Waals surface area (Å²) in [4.78, 5) is 0. The van der Waals surface area contributed by atoms with Crippen molar-refractivity contribution in [2.45, 2.75) is 32.3 Å². The second-order valence-corrected chi connectivity index (χ2v) is 3.85. The molecule has 0 heterocycles. The Kier molecular flexibility index (Phi) is 6.04. The molecule has 1 atom stereocenters. The standard InChI is InChI=1S/C13H19FO2/c1-2-8-16-9-7-12(15)10-11-5-3-4-6-13(11)14/h3-6,12,15H,2,7-10H2,1H3. The third-order valence-corrected chi connectivity index (χ3v) is 2.36. The van der Waals surface area contributed by atoms with E-state index in [1.807, 2.05) is 6.92 Å². The van der Waals surface area contributed by atoms with Crippen LogP contribution in [0.2, 0.25) is 0 Å². The minimum atomic E-state index is -0.534. The molecule has 16 heavy (non-hydrogen) atoms. The zero-order valence-corrected chi connectivity index (χ0v) is 9.66. The summed E-state index contributed by atoms with van der Waals surface area (Å²) in [5, 5.41) is 9.68. The van der Waals surface area contributed by atoms with Gasteiger partial charge in [0.2, 0.25) is 0 Å². The fraction of sp³-hybridized carbons (Fsp3) is 0.538. The largest absolute Gasteiger partial charge is 0.393 e. The molecule has 1 aromatic rings. The van der Waals surface area contributed by atoms with Gasteiger partial charge in [0.15, 0.2) is 0 Å². The summed E-state index contributed by atoms with van der Waals surface area (Å²) < 4.78 is 18.5. The van der Waals surface area contributed by atoms with E-state index in [0.29, 0.717) is 31.6 Å². The molecule has 90 valence electrons. The summed E-state index contributed by atoms with van der Waals surface area (Å²) in [6, 6.07) is 6.54. The molecule has 0 fully saturated rings. The first kappa shape index (κ1) is 13.1. The molecule has 0 aromatic heterocycles. The molecular formula is C13H19FO2. The highest BCUT2D eigenvalue weighted by atomic mass is 19.1. The third-order valence-electron chi connectivity index (χ3n) is 2.36. The minimum absolute atomic E-state index is 0.254. The van der Waals surface area contributed by atoms with Crippen LogP contribution in [0.15, 0.2) is 24.3 Å². The summed E-state index contributed by atoms with van der Waals surface area (Å²) in [5.41, 5.74) is 0.561. The highest BCUT2D eigenvalue weighted by Crippen LogP contribution is 2.10. The van der Waals surface area contributed by atoms with E-state index in [4.69, 9.17) is 4.74 Å². The van der Waals surface area contributed by atoms with Crippen LogP contribution in [0.5, 0.6) is 0 Å². The maximum atomic E-state index is 13.3. The summed E-state index contributed by atoms with van der Waals surface area (Å²) in [5.74, 6) is -0.254. The lowest BCUT2D eigenvalue weighted by atomic mass is 10.1. The molecule has 0 saturated heterocycles. The molecule has 0 spiro atoms. The van der Waals surface area contributed by atoms with Gasteiger partial charge >= 0.3 is 0 Å². The van der Waals surface area contributed by atoms with Crippen molar-refractivity contribution in [3.05, 3.63) is 35.6 Å². The molecule has 1 unspecified atom stereocenters. The summed E-state index contributed by atoms with van der Waals surface area (Å²) in [7, 11) is 0. The SMILES string of the molecule is CCCOCCC(O)Cc1ccccc1F. The predicted molar refractivity (Wildman–Crippen MR) is 61.8 cm³/mol. The number of benzene rings is 1. The second kappa shape index (κ2) is 7.36. The Morgan fingerprint density at radius 2 is 2.06 bits per heavy atom. The van der Waals surface area contributed by atoms with Crippen LogP contribution in [0, 0.1) is 5.82 Å². The van der Waals surface area contributed by atoms with Crippen molar-refractivity contribution in [1.82, 2.24) is 0 Å². The lowest BCUT2D eigenvalue weighted by Crippen LogP contribution is -2.14. The van der Waals surface area contributed by atoms with Crippen LogP contribution >= 0.6 is 0 Å². The van der Waals surface area contributed by atoms with Crippen LogP contribution in [0.4, 0.5) is 4.39 Å². The average Bonchev–Trinajstić information content (AvgIpc) is 2.28. The number of rotatable bonds is 7. The van der Waals surface area contributed by atoms with E-state index in [2.05, 4.69) is 0 Å². The molecule has 1 aromatic carbocycles. The van der Waals surface area contributed by atoms with Crippen molar-refractivity contribution >= 4 is 0 Å². The van der Waals surface area contributed by atoms with Gasteiger partial charge in [-0.1, -0.05) is 25.1 Å². The Hall–Kier alpha value is -0.930. The highest BCUT2D eigenvalue weighted by Gasteiger charge is 2.08. The van der Waals surface area contributed by atoms with Crippen molar-refractivity contribution < 1.29 is 14.2 Å². The molecular weight excluding hydrogens is 207 g/mol. The van der Waals surface area contributed by atoms with Gasteiger partial charge in [0.05, 0.1) is 6.10 Å². The van der Waals surface area contributed by atoms with Gasteiger partial charge in [-0.2, -0.15) is 0 Å². The molecule has 0 amide bonds. The Morgan fingerprint density at radius 3 is 2.75 bits per heavy atom. The molecule has 0 aliphatic rings. The van der Waals surface area contributed by atoms with Crippen molar-refractivity contribution in [3.8, 4) is 0 Å². The van der Waals surface area contributed by atoms with Crippen molar-refractivity contribution in [2.75, 3.05) is 13.2 Å². The molecule has 0 aliphatic heterocycles. The minimum Gasteiger partial charge on any atom is -0.393 e. The van der Waals surface area contributed by atoms with Gasteiger partial charge in [0.1, 0.15) is 5.82 Å². The average molecular weight is 226 g/mol. The first-order valence-electron chi connectivity index (χ1n) is 5.73. The van der Waals surface area contributed by atoms with Crippen LogP contribution in [-0.4, -0.2) is 24.4 Å². The quantitative estimate of drug-likeness (QED) is 0.724. The Labute approximate surface area is 96.1 Å². The maximum Gasteiger partial charge on any atom is 0.126 e. The van der Waals surface area contributed by atoms with E-state index >= 15 is 0 Å². The van der Waals surface area contributed by atoms with Crippen LogP contribution in [0.25, 0.3) is 0 Å². The highest BCUT2D eigenvalue weighted by molar-refractivity contribution is 5.17. The van der Waals surface area contributed by atoms with Crippen LogP contribution in [-0.2, 0) is 11.2 Å². The summed E-state index contributed by atoms with van der Waals surface area (Å²) >= 11 is 0. The zero-order valence-electron chi connectivity index (χ0n) is 9.66. The molecule has 1 rings (SSSR count). The van der Waals surface area contributed by atoms with E-state index < -0.39 is 6.10 Å². The number of halogens is 1. The van der Waals surface area contributed by atoms with E-state index in [-0.39, 0.29) is 5.82 Å². The lowest BCUT2D eigenvalue weighted by Gasteiger charge is -2.11. The molecule has 0 saturated carbocycles. The lowest BCUT2D eigenvalue weighted by molar-refractivity contribution is 0.0820.